The molecule has 1 aliphatic rings. The third kappa shape index (κ3) is 2.18. The van der Waals surface area contributed by atoms with E-state index in [4.69, 9.17) is 5.73 Å². The standard InChI is InChI=1S/C13H18N2O/c1-10(16)15-8-6-11(7-9-15)12-4-2-3-5-13(12)14/h2-5,11H,6-9,14H2,1H3. The van der Waals surface area contributed by atoms with Crippen LogP contribution in [0.15, 0.2) is 24.3 Å². The van der Waals surface area contributed by atoms with Crippen LogP contribution in [0.4, 0.5) is 5.69 Å². The number of carbonyl (C=O) groups is 1. The van der Waals surface area contributed by atoms with Crippen molar-refractivity contribution in [3.8, 4) is 0 Å². The van der Waals surface area contributed by atoms with Crippen LogP contribution in [-0.2, 0) is 4.79 Å². The van der Waals surface area contributed by atoms with E-state index in [0.717, 1.165) is 31.6 Å². The summed E-state index contributed by atoms with van der Waals surface area (Å²) in [5.74, 6) is 0.691. The van der Waals surface area contributed by atoms with Crippen LogP contribution in [0.5, 0.6) is 0 Å². The predicted octanol–water partition coefficient (Wildman–Crippen LogP) is 1.99. The zero-order valence-corrected chi connectivity index (χ0v) is 9.65. The fraction of sp³-hybridized carbons (Fsp3) is 0.462. The molecule has 0 aromatic heterocycles. The molecule has 1 aromatic rings. The van der Waals surface area contributed by atoms with Crippen LogP contribution in [0.25, 0.3) is 0 Å². The Hall–Kier alpha value is -1.51. The second-order valence-electron chi connectivity index (χ2n) is 4.41. The van der Waals surface area contributed by atoms with E-state index in [0.29, 0.717) is 5.92 Å². The van der Waals surface area contributed by atoms with Crippen LogP contribution in [0.3, 0.4) is 0 Å². The number of hydrogen-bond donors (Lipinski definition) is 1. The number of likely N-dealkylation sites (tertiary alicyclic amines) is 1. The average Bonchev–Trinajstić information content (AvgIpc) is 2.30. The third-order valence-electron chi connectivity index (χ3n) is 3.38. The van der Waals surface area contributed by atoms with E-state index < -0.39 is 0 Å². The first-order valence-electron chi connectivity index (χ1n) is 5.78. The second-order valence-corrected chi connectivity index (χ2v) is 4.41. The van der Waals surface area contributed by atoms with E-state index in [1.165, 1.54) is 5.56 Å². The van der Waals surface area contributed by atoms with Crippen LogP contribution in [0, 0.1) is 0 Å². The molecule has 0 aliphatic carbocycles. The van der Waals surface area contributed by atoms with Crippen LogP contribution >= 0.6 is 0 Å². The van der Waals surface area contributed by atoms with Gasteiger partial charge >= 0.3 is 0 Å². The molecule has 2 rings (SSSR count). The minimum atomic E-state index is 0.180. The number of amides is 1. The Morgan fingerprint density at radius 1 is 1.31 bits per heavy atom. The number of piperidine rings is 1. The van der Waals surface area contributed by atoms with Gasteiger partial charge in [-0.2, -0.15) is 0 Å². The Morgan fingerprint density at radius 2 is 1.94 bits per heavy atom. The first-order valence-corrected chi connectivity index (χ1v) is 5.78. The summed E-state index contributed by atoms with van der Waals surface area (Å²) < 4.78 is 0. The van der Waals surface area contributed by atoms with Crippen molar-refractivity contribution in [2.24, 2.45) is 0 Å². The molecule has 0 bridgehead atoms. The van der Waals surface area contributed by atoms with Gasteiger partial charge in [0.05, 0.1) is 0 Å². The lowest BCUT2D eigenvalue weighted by molar-refractivity contribution is -0.129. The molecule has 3 nitrogen and oxygen atoms in total. The third-order valence-corrected chi connectivity index (χ3v) is 3.38. The van der Waals surface area contributed by atoms with Gasteiger partial charge in [0.2, 0.25) is 5.91 Å². The molecule has 1 fully saturated rings. The fourth-order valence-corrected chi connectivity index (χ4v) is 2.39. The maximum Gasteiger partial charge on any atom is 0.219 e. The molecular weight excluding hydrogens is 200 g/mol. The highest BCUT2D eigenvalue weighted by atomic mass is 16.2. The highest BCUT2D eigenvalue weighted by molar-refractivity contribution is 5.73. The van der Waals surface area contributed by atoms with Gasteiger partial charge < -0.3 is 10.6 Å². The summed E-state index contributed by atoms with van der Waals surface area (Å²) in [6.45, 7) is 3.35. The Balaban J connectivity index is 2.05. The van der Waals surface area contributed by atoms with Gasteiger partial charge in [0.15, 0.2) is 0 Å². The van der Waals surface area contributed by atoms with E-state index in [2.05, 4.69) is 6.07 Å². The summed E-state index contributed by atoms with van der Waals surface area (Å²) in [6.07, 6.45) is 2.04. The summed E-state index contributed by atoms with van der Waals surface area (Å²) in [5, 5.41) is 0. The Labute approximate surface area is 96.2 Å². The van der Waals surface area contributed by atoms with Crippen molar-refractivity contribution in [3.05, 3.63) is 29.8 Å². The van der Waals surface area contributed by atoms with E-state index in [9.17, 15) is 4.79 Å². The van der Waals surface area contributed by atoms with E-state index in [1.54, 1.807) is 6.92 Å². The molecular formula is C13H18N2O. The number of nitrogen functional groups attached to an aromatic ring is 1. The fourth-order valence-electron chi connectivity index (χ4n) is 2.39. The molecule has 0 saturated carbocycles. The van der Waals surface area contributed by atoms with Crippen LogP contribution in [0.1, 0.15) is 31.2 Å². The number of para-hydroxylation sites is 1. The number of carbonyl (C=O) groups excluding carboxylic acids is 1. The molecule has 86 valence electrons. The SMILES string of the molecule is CC(=O)N1CCC(c2ccccc2N)CC1. The molecule has 1 heterocycles. The zero-order valence-electron chi connectivity index (χ0n) is 9.65. The van der Waals surface area contributed by atoms with Crippen molar-refractivity contribution in [1.29, 1.82) is 0 Å². The van der Waals surface area contributed by atoms with Crippen molar-refractivity contribution in [2.75, 3.05) is 18.8 Å². The Bertz CT molecular complexity index is 381. The molecule has 2 N–H and O–H groups in total. The highest BCUT2D eigenvalue weighted by Gasteiger charge is 2.22. The normalized spacial score (nSPS) is 17.4. The largest absolute Gasteiger partial charge is 0.398 e. The first kappa shape index (κ1) is 11.0. The minimum absolute atomic E-state index is 0.180. The zero-order chi connectivity index (χ0) is 11.5. The number of nitrogens with two attached hydrogens (primary N) is 1. The van der Waals surface area contributed by atoms with Crippen molar-refractivity contribution < 1.29 is 4.79 Å². The summed E-state index contributed by atoms with van der Waals surface area (Å²) in [4.78, 5) is 13.1. The molecule has 0 unspecified atom stereocenters. The number of benzene rings is 1. The average molecular weight is 218 g/mol. The van der Waals surface area contributed by atoms with E-state index in [1.807, 2.05) is 23.1 Å². The van der Waals surface area contributed by atoms with Gasteiger partial charge in [0.25, 0.3) is 0 Å². The van der Waals surface area contributed by atoms with Gasteiger partial charge in [-0.15, -0.1) is 0 Å². The van der Waals surface area contributed by atoms with Gasteiger partial charge in [0, 0.05) is 25.7 Å². The van der Waals surface area contributed by atoms with E-state index >= 15 is 0 Å². The van der Waals surface area contributed by atoms with Crippen molar-refractivity contribution in [1.82, 2.24) is 4.90 Å². The number of anilines is 1. The molecule has 1 saturated heterocycles. The summed E-state index contributed by atoms with van der Waals surface area (Å²) in [6, 6.07) is 8.04. The lowest BCUT2D eigenvalue weighted by Gasteiger charge is -2.32. The lowest BCUT2D eigenvalue weighted by atomic mass is 9.88. The number of rotatable bonds is 1. The summed E-state index contributed by atoms with van der Waals surface area (Å²) >= 11 is 0. The monoisotopic (exact) mass is 218 g/mol. The smallest absolute Gasteiger partial charge is 0.219 e. The van der Waals surface area contributed by atoms with Crippen LogP contribution < -0.4 is 5.73 Å². The summed E-state index contributed by atoms with van der Waals surface area (Å²) in [5.41, 5.74) is 8.09. The molecule has 16 heavy (non-hydrogen) atoms. The van der Waals surface area contributed by atoms with Gasteiger partial charge in [-0.3, -0.25) is 4.79 Å². The van der Waals surface area contributed by atoms with Crippen molar-refractivity contribution in [2.45, 2.75) is 25.7 Å². The van der Waals surface area contributed by atoms with Crippen LogP contribution in [0.2, 0.25) is 0 Å². The summed E-state index contributed by atoms with van der Waals surface area (Å²) in [7, 11) is 0. The predicted molar refractivity (Wildman–Crippen MR) is 65.1 cm³/mol. The first-order chi connectivity index (χ1) is 7.68. The van der Waals surface area contributed by atoms with Gasteiger partial charge in [-0.25, -0.2) is 0 Å². The van der Waals surface area contributed by atoms with Gasteiger partial charge in [0.1, 0.15) is 0 Å². The number of nitrogens with zero attached hydrogens (tertiary/aromatic N) is 1. The maximum atomic E-state index is 11.2. The van der Waals surface area contributed by atoms with Crippen LogP contribution in [-0.4, -0.2) is 23.9 Å². The molecule has 0 spiro atoms. The molecule has 1 aromatic carbocycles. The number of hydrogen-bond acceptors (Lipinski definition) is 2. The highest BCUT2D eigenvalue weighted by Crippen LogP contribution is 2.31. The van der Waals surface area contributed by atoms with Gasteiger partial charge in [-0.05, 0) is 30.4 Å². The molecule has 3 heteroatoms. The molecule has 1 aliphatic heterocycles. The Morgan fingerprint density at radius 3 is 2.50 bits per heavy atom. The van der Waals surface area contributed by atoms with Crippen molar-refractivity contribution >= 4 is 11.6 Å². The Kier molecular flexibility index (Phi) is 3.13. The minimum Gasteiger partial charge on any atom is -0.398 e. The lowest BCUT2D eigenvalue weighted by Crippen LogP contribution is -2.36. The van der Waals surface area contributed by atoms with E-state index in [-0.39, 0.29) is 5.91 Å². The quantitative estimate of drug-likeness (QED) is 0.733. The molecule has 0 atom stereocenters. The van der Waals surface area contributed by atoms with Crippen molar-refractivity contribution in [3.63, 3.8) is 0 Å². The van der Waals surface area contributed by atoms with Gasteiger partial charge in [-0.1, -0.05) is 18.2 Å². The maximum absolute atomic E-state index is 11.2. The second kappa shape index (κ2) is 4.56. The topological polar surface area (TPSA) is 46.3 Å². The molecule has 0 radical (unpaired) electrons. The molecule has 1 amide bonds.